The van der Waals surface area contributed by atoms with Crippen LogP contribution in [0.2, 0.25) is 0 Å². The van der Waals surface area contributed by atoms with Crippen LogP contribution in [0, 0.1) is 0 Å². The van der Waals surface area contributed by atoms with Crippen LogP contribution >= 0.6 is 0 Å². The van der Waals surface area contributed by atoms with E-state index in [9.17, 15) is 13.2 Å². The molecule has 138 valence electrons. The average molecular weight is 374 g/mol. The van der Waals surface area contributed by atoms with E-state index < -0.39 is 10.0 Å². The summed E-state index contributed by atoms with van der Waals surface area (Å²) in [5.41, 5.74) is 2.33. The number of amides is 1. The third-order valence-electron chi connectivity index (χ3n) is 4.52. The second-order valence-electron chi connectivity index (χ2n) is 6.34. The van der Waals surface area contributed by atoms with Crippen LogP contribution in [0.1, 0.15) is 22.3 Å². The first kappa shape index (κ1) is 18.4. The summed E-state index contributed by atoms with van der Waals surface area (Å²) in [6.07, 6.45) is 1.81. The highest BCUT2D eigenvalue weighted by Gasteiger charge is 2.27. The van der Waals surface area contributed by atoms with Crippen molar-refractivity contribution in [3.63, 3.8) is 0 Å². The minimum absolute atomic E-state index is 0.0128. The molecule has 0 spiro atoms. The van der Waals surface area contributed by atoms with E-state index in [4.69, 9.17) is 4.74 Å². The lowest BCUT2D eigenvalue weighted by Crippen LogP contribution is -2.35. The first-order chi connectivity index (χ1) is 12.4. The van der Waals surface area contributed by atoms with Crippen molar-refractivity contribution < 1.29 is 17.9 Å². The van der Waals surface area contributed by atoms with Gasteiger partial charge in [0.2, 0.25) is 10.0 Å². The molecule has 26 heavy (non-hydrogen) atoms. The lowest BCUT2D eigenvalue weighted by molar-refractivity contribution is 0.0985. The van der Waals surface area contributed by atoms with Gasteiger partial charge in [-0.1, -0.05) is 18.2 Å². The number of para-hydroxylation sites is 1. The Kier molecular flexibility index (Phi) is 5.02. The van der Waals surface area contributed by atoms with Gasteiger partial charge in [0, 0.05) is 31.9 Å². The van der Waals surface area contributed by atoms with Crippen molar-refractivity contribution in [2.24, 2.45) is 0 Å². The van der Waals surface area contributed by atoms with Gasteiger partial charge >= 0.3 is 0 Å². The van der Waals surface area contributed by atoms with Crippen LogP contribution in [0.4, 0.5) is 5.69 Å². The monoisotopic (exact) mass is 374 g/mol. The van der Waals surface area contributed by atoms with Gasteiger partial charge in [0.05, 0.1) is 7.11 Å². The van der Waals surface area contributed by atoms with Crippen molar-refractivity contribution in [1.82, 2.24) is 4.31 Å². The minimum atomic E-state index is -3.73. The quantitative estimate of drug-likeness (QED) is 0.825. The molecule has 1 amide bonds. The molecule has 2 aromatic rings. The van der Waals surface area contributed by atoms with Gasteiger partial charge in [-0.05, 0) is 42.7 Å². The Morgan fingerprint density at radius 1 is 1.15 bits per heavy atom. The number of anilines is 1. The Balaban J connectivity index is 2.05. The highest BCUT2D eigenvalue weighted by atomic mass is 32.2. The molecule has 1 aliphatic heterocycles. The van der Waals surface area contributed by atoms with Crippen LogP contribution < -0.4 is 9.64 Å². The van der Waals surface area contributed by atoms with E-state index in [1.807, 2.05) is 24.3 Å². The number of fused-ring (bicyclic) bond motifs is 1. The van der Waals surface area contributed by atoms with Crippen LogP contribution in [0.5, 0.6) is 5.75 Å². The van der Waals surface area contributed by atoms with Gasteiger partial charge in [-0.3, -0.25) is 4.79 Å². The summed E-state index contributed by atoms with van der Waals surface area (Å²) < 4.78 is 31.5. The Hall–Kier alpha value is -2.38. The molecule has 6 nitrogen and oxygen atoms in total. The second-order valence-corrected chi connectivity index (χ2v) is 8.46. The first-order valence-corrected chi connectivity index (χ1v) is 9.80. The molecule has 0 saturated heterocycles. The van der Waals surface area contributed by atoms with E-state index in [1.165, 1.54) is 33.3 Å². The number of methoxy groups -OCH3 is 1. The van der Waals surface area contributed by atoms with Gasteiger partial charge in [0.25, 0.3) is 5.91 Å². The van der Waals surface area contributed by atoms with Crippen molar-refractivity contribution in [3.05, 3.63) is 53.6 Å². The van der Waals surface area contributed by atoms with E-state index >= 15 is 0 Å². The minimum Gasteiger partial charge on any atom is -0.495 e. The van der Waals surface area contributed by atoms with Gasteiger partial charge in [0.15, 0.2) is 0 Å². The summed E-state index contributed by atoms with van der Waals surface area (Å²) in [4.78, 5) is 14.8. The molecule has 0 unspecified atom stereocenters. The second kappa shape index (κ2) is 7.09. The summed E-state index contributed by atoms with van der Waals surface area (Å²) in [5.74, 6) is 0.00398. The van der Waals surface area contributed by atoms with Gasteiger partial charge in [-0.2, -0.15) is 0 Å². The van der Waals surface area contributed by atoms with Crippen molar-refractivity contribution in [1.29, 1.82) is 0 Å². The summed E-state index contributed by atoms with van der Waals surface area (Å²) >= 11 is 0. The van der Waals surface area contributed by atoms with E-state index in [1.54, 1.807) is 11.0 Å². The predicted octanol–water partition coefficient (Wildman–Crippen LogP) is 2.54. The number of aryl methyl sites for hydroxylation is 1. The Morgan fingerprint density at radius 3 is 2.58 bits per heavy atom. The number of carbonyl (C=O) groups excluding carboxylic acids is 1. The molecular formula is C19H22N2O4S. The molecular weight excluding hydrogens is 352 g/mol. The number of carbonyl (C=O) groups is 1. The van der Waals surface area contributed by atoms with Crippen LogP contribution in [0.3, 0.4) is 0 Å². The third-order valence-corrected chi connectivity index (χ3v) is 6.36. The van der Waals surface area contributed by atoms with Gasteiger partial charge in [-0.25, -0.2) is 12.7 Å². The molecule has 0 radical (unpaired) electrons. The van der Waals surface area contributed by atoms with Crippen molar-refractivity contribution in [2.75, 3.05) is 32.6 Å². The van der Waals surface area contributed by atoms with Crippen LogP contribution in [-0.4, -0.2) is 46.4 Å². The number of sulfonamides is 1. The predicted molar refractivity (Wildman–Crippen MR) is 100 cm³/mol. The van der Waals surface area contributed by atoms with E-state index in [-0.39, 0.29) is 16.6 Å². The topological polar surface area (TPSA) is 66.9 Å². The third kappa shape index (κ3) is 3.20. The average Bonchev–Trinajstić information content (AvgIpc) is 2.66. The van der Waals surface area contributed by atoms with Crippen molar-refractivity contribution in [2.45, 2.75) is 17.7 Å². The van der Waals surface area contributed by atoms with Crippen molar-refractivity contribution in [3.8, 4) is 5.75 Å². The Labute approximate surface area is 154 Å². The molecule has 7 heteroatoms. The largest absolute Gasteiger partial charge is 0.495 e. The maximum atomic E-state index is 13.1. The van der Waals surface area contributed by atoms with E-state index in [0.29, 0.717) is 12.1 Å². The highest BCUT2D eigenvalue weighted by Crippen LogP contribution is 2.31. The molecule has 0 atom stereocenters. The highest BCUT2D eigenvalue weighted by molar-refractivity contribution is 7.89. The van der Waals surface area contributed by atoms with E-state index in [2.05, 4.69) is 0 Å². The fourth-order valence-electron chi connectivity index (χ4n) is 3.11. The number of hydrogen-bond acceptors (Lipinski definition) is 4. The zero-order valence-electron chi connectivity index (χ0n) is 15.1. The zero-order chi connectivity index (χ0) is 18.9. The molecule has 3 rings (SSSR count). The van der Waals surface area contributed by atoms with Crippen LogP contribution in [-0.2, 0) is 16.4 Å². The summed E-state index contributed by atoms with van der Waals surface area (Å²) in [6, 6.07) is 12.3. The maximum Gasteiger partial charge on any atom is 0.258 e. The summed E-state index contributed by atoms with van der Waals surface area (Å²) in [6.45, 7) is 0.609. The maximum absolute atomic E-state index is 13.1. The van der Waals surface area contributed by atoms with Crippen LogP contribution in [0.15, 0.2) is 47.4 Å². The number of benzene rings is 2. The fourth-order valence-corrected chi connectivity index (χ4v) is 4.18. The molecule has 0 saturated carbocycles. The molecule has 1 heterocycles. The Morgan fingerprint density at radius 2 is 1.88 bits per heavy atom. The number of hydrogen-bond donors (Lipinski definition) is 0. The van der Waals surface area contributed by atoms with Crippen molar-refractivity contribution >= 4 is 21.6 Å². The van der Waals surface area contributed by atoms with Gasteiger partial charge in [-0.15, -0.1) is 0 Å². The molecule has 0 N–H and O–H groups in total. The molecule has 1 aliphatic rings. The van der Waals surface area contributed by atoms with E-state index in [0.717, 1.165) is 28.4 Å². The number of ether oxygens (including phenoxy) is 1. The lowest BCUT2D eigenvalue weighted by Gasteiger charge is -2.29. The van der Waals surface area contributed by atoms with Crippen LogP contribution in [0.25, 0.3) is 0 Å². The molecule has 0 aliphatic carbocycles. The molecule has 0 bridgehead atoms. The Bertz CT molecular complexity index is 938. The molecule has 0 aromatic heterocycles. The lowest BCUT2D eigenvalue weighted by atomic mass is 10.0. The number of rotatable bonds is 4. The molecule has 0 fully saturated rings. The normalized spacial score (nSPS) is 14.2. The number of nitrogens with zero attached hydrogens (tertiary/aromatic N) is 2. The van der Waals surface area contributed by atoms with Gasteiger partial charge in [0.1, 0.15) is 10.6 Å². The van der Waals surface area contributed by atoms with Gasteiger partial charge < -0.3 is 9.64 Å². The first-order valence-electron chi connectivity index (χ1n) is 8.36. The smallest absolute Gasteiger partial charge is 0.258 e. The summed E-state index contributed by atoms with van der Waals surface area (Å²) in [5, 5.41) is 0. The fraction of sp³-hybridized carbons (Fsp3) is 0.316. The summed E-state index contributed by atoms with van der Waals surface area (Å²) in [7, 11) is 0.577. The standard InChI is InChI=1S/C19H22N2O4S/c1-20(2)26(23,24)18-13-15(10-11-17(18)25-3)19(22)21-12-6-8-14-7-4-5-9-16(14)21/h4-5,7,9-11,13H,6,8,12H2,1-3H3. The molecule has 2 aromatic carbocycles. The SMILES string of the molecule is COc1ccc(C(=O)N2CCCc3ccccc32)cc1S(=O)(=O)N(C)C. The zero-order valence-corrected chi connectivity index (χ0v) is 15.9.